The van der Waals surface area contributed by atoms with Gasteiger partial charge in [0.1, 0.15) is 5.82 Å². The smallest absolute Gasteiger partial charge is 0.255 e. The number of hydrogen-bond donors (Lipinski definition) is 0. The highest BCUT2D eigenvalue weighted by Gasteiger charge is 2.25. The highest BCUT2D eigenvalue weighted by Crippen LogP contribution is 2.20. The predicted molar refractivity (Wildman–Crippen MR) is 82.3 cm³/mol. The summed E-state index contributed by atoms with van der Waals surface area (Å²) in [6, 6.07) is 3.75. The Hall–Kier alpha value is -1.27. The van der Waals surface area contributed by atoms with Crippen LogP contribution >= 0.6 is 23.4 Å². The molecule has 0 bridgehead atoms. The lowest BCUT2D eigenvalue weighted by Crippen LogP contribution is -2.51. The second-order valence-electron chi connectivity index (χ2n) is 4.73. The summed E-state index contributed by atoms with van der Waals surface area (Å²) in [5, 5.41) is 0.112. The van der Waals surface area contributed by atoms with Gasteiger partial charge in [0.05, 0.1) is 16.3 Å². The lowest BCUT2D eigenvalue weighted by atomic mass is 10.1. The summed E-state index contributed by atoms with van der Waals surface area (Å²) in [5.74, 6) is -0.145. The van der Waals surface area contributed by atoms with Gasteiger partial charge >= 0.3 is 0 Å². The van der Waals surface area contributed by atoms with Crippen molar-refractivity contribution in [3.05, 3.63) is 34.6 Å². The molecule has 0 N–H and O–H groups in total. The summed E-state index contributed by atoms with van der Waals surface area (Å²) in [5.41, 5.74) is 0.293. The minimum Gasteiger partial charge on any atom is -0.338 e. The van der Waals surface area contributed by atoms with Crippen LogP contribution in [0, 0.1) is 5.82 Å². The van der Waals surface area contributed by atoms with Crippen molar-refractivity contribution in [2.24, 2.45) is 0 Å². The maximum atomic E-state index is 13.0. The Kier molecular flexibility index (Phi) is 5.47. The molecule has 2 amide bonds. The van der Waals surface area contributed by atoms with E-state index in [4.69, 9.17) is 11.6 Å². The molecule has 0 aromatic heterocycles. The summed E-state index contributed by atoms with van der Waals surface area (Å²) in [6.07, 6.45) is 1.88. The van der Waals surface area contributed by atoms with Crippen molar-refractivity contribution in [1.29, 1.82) is 0 Å². The molecule has 1 saturated heterocycles. The van der Waals surface area contributed by atoms with E-state index in [2.05, 4.69) is 0 Å². The Morgan fingerprint density at radius 3 is 2.43 bits per heavy atom. The number of carbonyl (C=O) groups is 2. The Morgan fingerprint density at radius 2 is 1.86 bits per heavy atom. The van der Waals surface area contributed by atoms with E-state index in [-0.39, 0.29) is 16.8 Å². The van der Waals surface area contributed by atoms with Gasteiger partial charge in [-0.15, -0.1) is 0 Å². The van der Waals surface area contributed by atoms with Crippen molar-refractivity contribution in [3.8, 4) is 0 Å². The minimum atomic E-state index is -0.468. The van der Waals surface area contributed by atoms with Crippen LogP contribution in [0.1, 0.15) is 10.4 Å². The first kappa shape index (κ1) is 16.1. The topological polar surface area (TPSA) is 40.6 Å². The minimum absolute atomic E-state index is 0.0920. The molecule has 2 rings (SSSR count). The molecule has 0 atom stereocenters. The quantitative estimate of drug-likeness (QED) is 0.852. The number of rotatable bonds is 3. The van der Waals surface area contributed by atoms with Crippen LogP contribution in [0.25, 0.3) is 0 Å². The Balaban J connectivity index is 1.98. The van der Waals surface area contributed by atoms with Crippen LogP contribution in [0.4, 0.5) is 4.39 Å². The van der Waals surface area contributed by atoms with Crippen molar-refractivity contribution in [2.75, 3.05) is 38.2 Å². The zero-order valence-electron chi connectivity index (χ0n) is 11.6. The van der Waals surface area contributed by atoms with Crippen LogP contribution in [0.3, 0.4) is 0 Å². The first-order valence-corrected chi connectivity index (χ1v) is 8.31. The van der Waals surface area contributed by atoms with E-state index in [1.54, 1.807) is 9.80 Å². The highest BCUT2D eigenvalue weighted by molar-refractivity contribution is 7.99. The van der Waals surface area contributed by atoms with Gasteiger partial charge in [0.25, 0.3) is 5.91 Å². The van der Waals surface area contributed by atoms with Crippen molar-refractivity contribution in [3.63, 3.8) is 0 Å². The maximum Gasteiger partial charge on any atom is 0.255 e. The van der Waals surface area contributed by atoms with Gasteiger partial charge in [0, 0.05) is 26.2 Å². The molecule has 1 heterocycles. The maximum absolute atomic E-state index is 13.0. The lowest BCUT2D eigenvalue weighted by Gasteiger charge is -2.34. The first-order chi connectivity index (χ1) is 10.0. The van der Waals surface area contributed by atoms with Crippen LogP contribution in [0.5, 0.6) is 0 Å². The summed E-state index contributed by atoms with van der Waals surface area (Å²) >= 11 is 7.40. The van der Waals surface area contributed by atoms with E-state index in [0.717, 1.165) is 6.07 Å². The lowest BCUT2D eigenvalue weighted by molar-refractivity contribution is -0.129. The molecule has 114 valence electrons. The number of halogens is 2. The molecule has 0 aliphatic carbocycles. The van der Waals surface area contributed by atoms with Crippen LogP contribution < -0.4 is 0 Å². The van der Waals surface area contributed by atoms with Crippen LogP contribution in [-0.4, -0.2) is 59.8 Å². The number of nitrogens with zero attached hydrogens (tertiary/aromatic N) is 2. The van der Waals surface area contributed by atoms with Gasteiger partial charge < -0.3 is 9.80 Å². The van der Waals surface area contributed by atoms with Crippen LogP contribution in [0.2, 0.25) is 5.02 Å². The van der Waals surface area contributed by atoms with Crippen molar-refractivity contribution < 1.29 is 14.0 Å². The molecule has 1 aromatic rings. The van der Waals surface area contributed by atoms with Crippen molar-refractivity contribution in [2.45, 2.75) is 0 Å². The monoisotopic (exact) mass is 330 g/mol. The average Bonchev–Trinajstić information content (AvgIpc) is 2.47. The standard InChI is InChI=1S/C14H16ClFN2O2S/c1-21-9-13(19)17-4-6-18(7-5-17)14(20)11-3-2-10(16)8-12(11)15/h2-3,8H,4-7,9H2,1H3. The second kappa shape index (κ2) is 7.13. The largest absolute Gasteiger partial charge is 0.338 e. The summed E-state index contributed by atoms with van der Waals surface area (Å²) < 4.78 is 13.0. The Labute approximate surface area is 132 Å². The zero-order chi connectivity index (χ0) is 15.4. The van der Waals surface area contributed by atoms with E-state index < -0.39 is 5.82 Å². The number of piperazine rings is 1. The van der Waals surface area contributed by atoms with Gasteiger partial charge in [0.15, 0.2) is 0 Å². The number of carbonyl (C=O) groups excluding carboxylic acids is 2. The van der Waals surface area contributed by atoms with E-state index in [0.29, 0.717) is 37.5 Å². The van der Waals surface area contributed by atoms with Crippen molar-refractivity contribution in [1.82, 2.24) is 9.80 Å². The molecular formula is C14H16ClFN2O2S. The van der Waals surface area contributed by atoms with Gasteiger partial charge in [-0.1, -0.05) is 11.6 Å². The third-order valence-corrected chi connectivity index (χ3v) is 4.20. The van der Waals surface area contributed by atoms with Gasteiger partial charge in [-0.3, -0.25) is 9.59 Å². The summed E-state index contributed by atoms with van der Waals surface area (Å²) in [4.78, 5) is 27.5. The van der Waals surface area contributed by atoms with Gasteiger partial charge in [-0.2, -0.15) is 11.8 Å². The van der Waals surface area contributed by atoms with Crippen LogP contribution in [-0.2, 0) is 4.79 Å². The molecule has 0 radical (unpaired) electrons. The molecule has 1 fully saturated rings. The van der Waals surface area contributed by atoms with Gasteiger partial charge in [0.2, 0.25) is 5.91 Å². The average molecular weight is 331 g/mol. The number of benzene rings is 1. The molecule has 1 aromatic carbocycles. The molecule has 1 aliphatic heterocycles. The fourth-order valence-corrected chi connectivity index (χ4v) is 2.88. The predicted octanol–water partition coefficient (Wildman–Crippen LogP) is 2.13. The molecule has 0 unspecified atom stereocenters. The van der Waals surface area contributed by atoms with Crippen molar-refractivity contribution >= 4 is 35.2 Å². The van der Waals surface area contributed by atoms with E-state index in [1.807, 2.05) is 6.26 Å². The fraction of sp³-hybridized carbons (Fsp3) is 0.429. The van der Waals surface area contributed by atoms with Gasteiger partial charge in [-0.25, -0.2) is 4.39 Å². The fourth-order valence-electron chi connectivity index (χ4n) is 2.21. The van der Waals surface area contributed by atoms with Gasteiger partial charge in [-0.05, 0) is 24.5 Å². The van der Waals surface area contributed by atoms with E-state index >= 15 is 0 Å². The summed E-state index contributed by atoms with van der Waals surface area (Å²) in [6.45, 7) is 1.97. The molecular weight excluding hydrogens is 315 g/mol. The third kappa shape index (κ3) is 3.89. The number of thioether (sulfide) groups is 1. The normalized spacial score (nSPS) is 15.2. The number of hydrogen-bond acceptors (Lipinski definition) is 3. The molecule has 7 heteroatoms. The molecule has 0 spiro atoms. The second-order valence-corrected chi connectivity index (χ2v) is 6.00. The molecule has 4 nitrogen and oxygen atoms in total. The van der Waals surface area contributed by atoms with E-state index in [1.165, 1.54) is 23.9 Å². The molecule has 0 saturated carbocycles. The zero-order valence-corrected chi connectivity index (χ0v) is 13.2. The highest BCUT2D eigenvalue weighted by atomic mass is 35.5. The first-order valence-electron chi connectivity index (χ1n) is 6.54. The SMILES string of the molecule is CSCC(=O)N1CCN(C(=O)c2ccc(F)cc2Cl)CC1. The molecule has 21 heavy (non-hydrogen) atoms. The molecule has 1 aliphatic rings. The van der Waals surface area contributed by atoms with Crippen LogP contribution in [0.15, 0.2) is 18.2 Å². The number of amides is 2. The van der Waals surface area contributed by atoms with E-state index in [9.17, 15) is 14.0 Å². The third-order valence-electron chi connectivity index (χ3n) is 3.35. The Morgan fingerprint density at radius 1 is 1.24 bits per heavy atom. The summed E-state index contributed by atoms with van der Waals surface area (Å²) in [7, 11) is 0. The Bertz CT molecular complexity index is 548.